The zero-order valence-corrected chi connectivity index (χ0v) is 17.6. The van der Waals surface area contributed by atoms with E-state index in [1.54, 1.807) is 0 Å². The smallest absolute Gasteiger partial charge is 0.119 e. The van der Waals surface area contributed by atoms with Crippen molar-refractivity contribution in [1.29, 1.82) is 0 Å². The van der Waals surface area contributed by atoms with Gasteiger partial charge >= 0.3 is 0 Å². The molecule has 1 aliphatic heterocycles. The van der Waals surface area contributed by atoms with Crippen molar-refractivity contribution < 1.29 is 9.47 Å². The molecule has 28 heavy (non-hydrogen) atoms. The van der Waals surface area contributed by atoms with E-state index in [0.29, 0.717) is 13.2 Å². The summed E-state index contributed by atoms with van der Waals surface area (Å²) in [5.74, 6) is 1.89. The largest absolute Gasteiger partial charge is 0.492 e. The Balaban J connectivity index is 1.66. The molecule has 1 atom stereocenters. The van der Waals surface area contributed by atoms with E-state index >= 15 is 0 Å². The fourth-order valence-corrected chi connectivity index (χ4v) is 3.38. The summed E-state index contributed by atoms with van der Waals surface area (Å²) < 4.78 is 11.7. The Morgan fingerprint density at radius 1 is 0.857 bits per heavy atom. The number of likely N-dealkylation sites (N-methyl/N-ethyl adjacent to an activating group) is 2. The lowest BCUT2D eigenvalue weighted by Crippen LogP contribution is -2.30. The van der Waals surface area contributed by atoms with Gasteiger partial charge in [0.1, 0.15) is 24.7 Å². The molecule has 1 heterocycles. The number of hydrogen-bond acceptors (Lipinski definition) is 5. The number of nitrogens with one attached hydrogen (secondary N) is 1. The average Bonchev–Trinajstić information content (AvgIpc) is 2.67. The molecule has 1 unspecified atom stereocenters. The van der Waals surface area contributed by atoms with E-state index in [2.05, 4.69) is 85.8 Å². The molecule has 0 fully saturated rings. The minimum absolute atomic E-state index is 0.218. The second kappa shape index (κ2) is 9.92. The lowest BCUT2D eigenvalue weighted by Gasteiger charge is -2.28. The van der Waals surface area contributed by atoms with Gasteiger partial charge in [0.25, 0.3) is 0 Å². The number of fused-ring (bicyclic) bond motifs is 1. The van der Waals surface area contributed by atoms with E-state index in [9.17, 15) is 0 Å². The SMILES string of the molecule is CN(C)CCOc1ccc(C2NCCc3cc(OCCN(C)C)ccc32)cc1. The summed E-state index contributed by atoms with van der Waals surface area (Å²) >= 11 is 0. The maximum absolute atomic E-state index is 5.91. The molecule has 5 nitrogen and oxygen atoms in total. The molecule has 0 bridgehead atoms. The Labute approximate surface area is 169 Å². The van der Waals surface area contributed by atoms with Crippen LogP contribution in [0.2, 0.25) is 0 Å². The highest BCUT2D eigenvalue weighted by molar-refractivity contribution is 5.44. The first-order valence-corrected chi connectivity index (χ1v) is 10.0. The van der Waals surface area contributed by atoms with Crippen molar-refractivity contribution in [2.24, 2.45) is 0 Å². The number of nitrogens with zero attached hydrogens (tertiary/aromatic N) is 2. The van der Waals surface area contributed by atoms with Crippen molar-refractivity contribution in [3.05, 3.63) is 59.2 Å². The number of ether oxygens (including phenoxy) is 2. The Hall–Kier alpha value is -2.08. The molecule has 0 amide bonds. The molecule has 1 aliphatic rings. The molecular weight excluding hydrogens is 350 g/mol. The van der Waals surface area contributed by atoms with Crippen LogP contribution in [0.4, 0.5) is 0 Å². The molecular formula is C23H33N3O2. The maximum Gasteiger partial charge on any atom is 0.119 e. The van der Waals surface area contributed by atoms with Crippen LogP contribution in [0.25, 0.3) is 0 Å². The predicted octanol–water partition coefficient (Wildman–Crippen LogP) is 2.80. The van der Waals surface area contributed by atoms with E-state index in [1.807, 2.05) is 0 Å². The Bertz CT molecular complexity index is 744. The standard InChI is InChI=1S/C23H33N3O2/c1-25(2)13-15-27-20-7-5-18(6-8-20)23-22-10-9-21(28-16-14-26(3)4)17-19(22)11-12-24-23/h5-10,17,23-24H,11-16H2,1-4H3. The highest BCUT2D eigenvalue weighted by Gasteiger charge is 2.21. The van der Waals surface area contributed by atoms with Crippen LogP contribution in [-0.4, -0.2) is 70.8 Å². The van der Waals surface area contributed by atoms with E-state index in [1.165, 1.54) is 16.7 Å². The summed E-state index contributed by atoms with van der Waals surface area (Å²) in [6.07, 6.45) is 1.03. The van der Waals surface area contributed by atoms with Crippen LogP contribution in [0.15, 0.2) is 42.5 Å². The lowest BCUT2D eigenvalue weighted by molar-refractivity contribution is 0.261. The van der Waals surface area contributed by atoms with Gasteiger partial charge in [-0.1, -0.05) is 18.2 Å². The van der Waals surface area contributed by atoms with Crippen LogP contribution < -0.4 is 14.8 Å². The zero-order valence-electron chi connectivity index (χ0n) is 17.6. The quantitative estimate of drug-likeness (QED) is 0.721. The Morgan fingerprint density at radius 3 is 2.11 bits per heavy atom. The van der Waals surface area contributed by atoms with Gasteiger partial charge in [-0.05, 0) is 75.6 Å². The fraction of sp³-hybridized carbons (Fsp3) is 0.478. The molecule has 5 heteroatoms. The van der Waals surface area contributed by atoms with Crippen molar-refractivity contribution >= 4 is 0 Å². The third-order valence-corrected chi connectivity index (χ3v) is 5.00. The average molecular weight is 384 g/mol. The second-order valence-electron chi connectivity index (χ2n) is 7.87. The summed E-state index contributed by atoms with van der Waals surface area (Å²) in [5, 5.41) is 3.65. The van der Waals surface area contributed by atoms with Gasteiger partial charge in [-0.3, -0.25) is 0 Å². The van der Waals surface area contributed by atoms with E-state index in [0.717, 1.165) is 37.6 Å². The summed E-state index contributed by atoms with van der Waals surface area (Å²) in [4.78, 5) is 4.25. The van der Waals surface area contributed by atoms with Crippen LogP contribution >= 0.6 is 0 Å². The van der Waals surface area contributed by atoms with Crippen molar-refractivity contribution in [2.75, 3.05) is 61.0 Å². The van der Waals surface area contributed by atoms with E-state index in [4.69, 9.17) is 9.47 Å². The van der Waals surface area contributed by atoms with Gasteiger partial charge in [-0.25, -0.2) is 0 Å². The van der Waals surface area contributed by atoms with Crippen LogP contribution in [0.3, 0.4) is 0 Å². The van der Waals surface area contributed by atoms with E-state index < -0.39 is 0 Å². The minimum Gasteiger partial charge on any atom is -0.492 e. The van der Waals surface area contributed by atoms with Crippen molar-refractivity contribution in [3.63, 3.8) is 0 Å². The fourth-order valence-electron chi connectivity index (χ4n) is 3.38. The van der Waals surface area contributed by atoms with Crippen molar-refractivity contribution in [3.8, 4) is 11.5 Å². The monoisotopic (exact) mass is 383 g/mol. The van der Waals surface area contributed by atoms with Gasteiger partial charge < -0.3 is 24.6 Å². The molecule has 0 saturated carbocycles. The molecule has 2 aromatic rings. The van der Waals surface area contributed by atoms with Gasteiger partial charge in [0.15, 0.2) is 0 Å². The first-order valence-electron chi connectivity index (χ1n) is 10.0. The van der Waals surface area contributed by atoms with Gasteiger partial charge in [0.2, 0.25) is 0 Å². The highest BCUT2D eigenvalue weighted by Crippen LogP contribution is 2.32. The molecule has 3 rings (SSSR count). The Morgan fingerprint density at radius 2 is 1.46 bits per heavy atom. The molecule has 0 aromatic heterocycles. The zero-order chi connectivity index (χ0) is 19.9. The van der Waals surface area contributed by atoms with Crippen LogP contribution in [0.1, 0.15) is 22.7 Å². The van der Waals surface area contributed by atoms with Crippen LogP contribution in [0.5, 0.6) is 11.5 Å². The molecule has 0 radical (unpaired) electrons. The van der Waals surface area contributed by atoms with E-state index in [-0.39, 0.29) is 6.04 Å². The molecule has 2 aromatic carbocycles. The molecule has 1 N–H and O–H groups in total. The lowest BCUT2D eigenvalue weighted by atomic mass is 9.90. The van der Waals surface area contributed by atoms with Crippen LogP contribution in [-0.2, 0) is 6.42 Å². The number of benzene rings is 2. The normalized spacial score (nSPS) is 16.3. The predicted molar refractivity (Wildman–Crippen MR) is 115 cm³/mol. The van der Waals surface area contributed by atoms with Crippen molar-refractivity contribution in [1.82, 2.24) is 15.1 Å². The summed E-state index contributed by atoms with van der Waals surface area (Å²) in [6.45, 7) is 4.22. The van der Waals surface area contributed by atoms with Gasteiger partial charge in [-0.15, -0.1) is 0 Å². The molecule has 0 spiro atoms. The van der Waals surface area contributed by atoms with Crippen molar-refractivity contribution in [2.45, 2.75) is 12.5 Å². The molecule has 0 aliphatic carbocycles. The van der Waals surface area contributed by atoms with Gasteiger partial charge in [0.05, 0.1) is 6.04 Å². The minimum atomic E-state index is 0.218. The third kappa shape index (κ3) is 5.71. The van der Waals surface area contributed by atoms with Crippen LogP contribution in [0, 0.1) is 0 Å². The molecule has 152 valence electrons. The first kappa shape index (κ1) is 20.6. The number of hydrogen-bond donors (Lipinski definition) is 1. The second-order valence-corrected chi connectivity index (χ2v) is 7.87. The highest BCUT2D eigenvalue weighted by atomic mass is 16.5. The number of rotatable bonds is 9. The summed E-state index contributed by atoms with van der Waals surface area (Å²) in [7, 11) is 8.23. The first-order chi connectivity index (χ1) is 13.5. The maximum atomic E-state index is 5.91. The Kier molecular flexibility index (Phi) is 7.31. The van der Waals surface area contributed by atoms with Gasteiger partial charge in [0, 0.05) is 19.6 Å². The summed E-state index contributed by atoms with van der Waals surface area (Å²) in [5.41, 5.74) is 3.98. The summed E-state index contributed by atoms with van der Waals surface area (Å²) in [6, 6.07) is 15.2. The van der Waals surface area contributed by atoms with Gasteiger partial charge in [-0.2, -0.15) is 0 Å². The topological polar surface area (TPSA) is 37.0 Å². The third-order valence-electron chi connectivity index (χ3n) is 5.00. The molecule has 0 saturated heterocycles.